The number of aromatic carboxylic acids is 1. The van der Waals surface area contributed by atoms with Crippen LogP contribution < -0.4 is 10.7 Å². The summed E-state index contributed by atoms with van der Waals surface area (Å²) in [6.45, 7) is 0. The van der Waals surface area contributed by atoms with E-state index in [1.165, 1.54) is 12.1 Å². The second-order valence-electron chi connectivity index (χ2n) is 4.12. The van der Waals surface area contributed by atoms with Crippen LogP contribution in [0.5, 0.6) is 0 Å². The summed E-state index contributed by atoms with van der Waals surface area (Å²) < 4.78 is 0. The lowest BCUT2D eigenvalue weighted by atomic mass is 10.1. The number of nitrogens with one attached hydrogen (secondary N) is 2. The molecular formula is C15H13N3O2S. The lowest BCUT2D eigenvalue weighted by Gasteiger charge is -2.06. The molecule has 0 aliphatic carbocycles. The molecule has 6 heteroatoms. The standard InChI is InChI=1S/C15H13N3O2S/c19-14(20)12-8-6-11(7-9-12)10-16-18-15(21)17-13-4-2-1-3-5-13/h1-10H,(H,19,20)(H2,17,18,21). The van der Waals surface area contributed by atoms with Crippen molar-refractivity contribution < 1.29 is 9.90 Å². The predicted molar refractivity (Wildman–Crippen MR) is 86.8 cm³/mol. The monoisotopic (exact) mass is 299 g/mol. The van der Waals surface area contributed by atoms with Crippen LogP contribution in [0.4, 0.5) is 5.69 Å². The summed E-state index contributed by atoms with van der Waals surface area (Å²) in [7, 11) is 0. The first-order chi connectivity index (χ1) is 10.1. The van der Waals surface area contributed by atoms with Crippen molar-refractivity contribution in [3.05, 3.63) is 65.7 Å². The number of para-hydroxylation sites is 1. The van der Waals surface area contributed by atoms with Crippen LogP contribution in [-0.4, -0.2) is 22.4 Å². The zero-order valence-corrected chi connectivity index (χ0v) is 11.8. The Balaban J connectivity index is 1.87. The van der Waals surface area contributed by atoms with Gasteiger partial charge in [0.1, 0.15) is 0 Å². The van der Waals surface area contributed by atoms with Gasteiger partial charge in [0.2, 0.25) is 0 Å². The van der Waals surface area contributed by atoms with Crippen LogP contribution in [0.25, 0.3) is 0 Å². The number of benzene rings is 2. The van der Waals surface area contributed by atoms with Crippen LogP contribution in [0.3, 0.4) is 0 Å². The van der Waals surface area contributed by atoms with Gasteiger partial charge in [-0.1, -0.05) is 30.3 Å². The molecule has 0 saturated heterocycles. The van der Waals surface area contributed by atoms with Gasteiger partial charge in [0.15, 0.2) is 5.11 Å². The third kappa shape index (κ3) is 4.70. The third-order valence-electron chi connectivity index (χ3n) is 2.57. The summed E-state index contributed by atoms with van der Waals surface area (Å²) in [5.74, 6) is -0.954. The number of hydrogen-bond acceptors (Lipinski definition) is 3. The molecule has 5 nitrogen and oxygen atoms in total. The van der Waals surface area contributed by atoms with Crippen molar-refractivity contribution in [2.75, 3.05) is 5.32 Å². The van der Waals surface area contributed by atoms with Gasteiger partial charge in [-0.15, -0.1) is 0 Å². The largest absolute Gasteiger partial charge is 0.478 e. The molecule has 0 saturated carbocycles. The van der Waals surface area contributed by atoms with Crippen molar-refractivity contribution in [3.63, 3.8) is 0 Å². The highest BCUT2D eigenvalue weighted by molar-refractivity contribution is 7.80. The molecule has 3 N–H and O–H groups in total. The average Bonchev–Trinajstić information content (AvgIpc) is 2.49. The summed E-state index contributed by atoms with van der Waals surface area (Å²) in [6, 6.07) is 15.9. The van der Waals surface area contributed by atoms with E-state index in [2.05, 4.69) is 15.8 Å². The number of carbonyl (C=O) groups is 1. The summed E-state index contributed by atoms with van der Waals surface area (Å²) in [5, 5.41) is 16.1. The molecule has 0 fully saturated rings. The molecule has 0 radical (unpaired) electrons. The van der Waals surface area contributed by atoms with Crippen molar-refractivity contribution in [2.24, 2.45) is 5.10 Å². The number of carboxylic acid groups (broad SMARTS) is 1. The van der Waals surface area contributed by atoms with Crippen LogP contribution in [-0.2, 0) is 0 Å². The second-order valence-corrected chi connectivity index (χ2v) is 4.53. The molecular weight excluding hydrogens is 286 g/mol. The topological polar surface area (TPSA) is 73.7 Å². The van der Waals surface area contributed by atoms with E-state index in [-0.39, 0.29) is 5.56 Å². The van der Waals surface area contributed by atoms with E-state index >= 15 is 0 Å². The first-order valence-electron chi connectivity index (χ1n) is 6.13. The smallest absolute Gasteiger partial charge is 0.335 e. The fourth-order valence-corrected chi connectivity index (χ4v) is 1.73. The molecule has 2 aromatic carbocycles. The van der Waals surface area contributed by atoms with Gasteiger partial charge >= 0.3 is 5.97 Å². The minimum atomic E-state index is -0.954. The fraction of sp³-hybridized carbons (Fsp3) is 0. The molecule has 0 heterocycles. The van der Waals surface area contributed by atoms with Gasteiger partial charge in [-0.05, 0) is 42.0 Å². The summed E-state index contributed by atoms with van der Waals surface area (Å²) in [5.41, 5.74) is 4.57. The average molecular weight is 299 g/mol. The van der Waals surface area contributed by atoms with Crippen molar-refractivity contribution >= 4 is 35.2 Å². The van der Waals surface area contributed by atoms with Crippen LogP contribution in [0.1, 0.15) is 15.9 Å². The molecule has 0 aromatic heterocycles. The Morgan fingerprint density at radius 1 is 1.10 bits per heavy atom. The molecule has 0 unspecified atom stereocenters. The van der Waals surface area contributed by atoms with E-state index in [0.29, 0.717) is 5.11 Å². The van der Waals surface area contributed by atoms with Crippen molar-refractivity contribution in [3.8, 4) is 0 Å². The van der Waals surface area contributed by atoms with Gasteiger partial charge in [0.05, 0.1) is 11.8 Å². The van der Waals surface area contributed by atoms with E-state index in [1.54, 1.807) is 18.3 Å². The normalized spacial score (nSPS) is 10.3. The van der Waals surface area contributed by atoms with E-state index in [1.807, 2.05) is 30.3 Å². The van der Waals surface area contributed by atoms with E-state index < -0.39 is 5.97 Å². The van der Waals surface area contributed by atoms with E-state index in [4.69, 9.17) is 17.3 Å². The van der Waals surface area contributed by atoms with Crippen molar-refractivity contribution in [1.29, 1.82) is 0 Å². The first kappa shape index (κ1) is 14.7. The zero-order valence-electron chi connectivity index (χ0n) is 11.0. The number of hydrazone groups is 1. The van der Waals surface area contributed by atoms with Gasteiger partial charge in [-0.25, -0.2) is 4.79 Å². The molecule has 0 aliphatic heterocycles. The zero-order chi connectivity index (χ0) is 15.1. The van der Waals surface area contributed by atoms with Crippen molar-refractivity contribution in [2.45, 2.75) is 0 Å². The maximum atomic E-state index is 10.7. The highest BCUT2D eigenvalue weighted by Gasteiger charge is 2.00. The van der Waals surface area contributed by atoms with Gasteiger partial charge in [-0.3, -0.25) is 5.43 Å². The molecule has 0 spiro atoms. The highest BCUT2D eigenvalue weighted by atomic mass is 32.1. The molecule has 106 valence electrons. The summed E-state index contributed by atoms with van der Waals surface area (Å²) >= 11 is 5.09. The lowest BCUT2D eigenvalue weighted by molar-refractivity contribution is 0.0697. The predicted octanol–water partition coefficient (Wildman–Crippen LogP) is 2.71. The fourth-order valence-electron chi connectivity index (χ4n) is 1.56. The Hall–Kier alpha value is -2.73. The Morgan fingerprint density at radius 3 is 2.38 bits per heavy atom. The van der Waals surface area contributed by atoms with Gasteiger partial charge in [-0.2, -0.15) is 5.10 Å². The van der Waals surface area contributed by atoms with Crippen molar-refractivity contribution in [1.82, 2.24) is 5.43 Å². The molecule has 0 atom stereocenters. The van der Waals surface area contributed by atoms with Gasteiger partial charge in [0.25, 0.3) is 0 Å². The van der Waals surface area contributed by atoms with Crippen LogP contribution in [0, 0.1) is 0 Å². The Bertz CT molecular complexity index is 654. The summed E-state index contributed by atoms with van der Waals surface area (Å²) in [6.07, 6.45) is 1.56. The third-order valence-corrected chi connectivity index (χ3v) is 2.76. The van der Waals surface area contributed by atoms with Crippen LogP contribution in [0.2, 0.25) is 0 Å². The number of carboxylic acids is 1. The molecule has 2 rings (SSSR count). The maximum absolute atomic E-state index is 10.7. The Kier molecular flexibility index (Phi) is 5.00. The molecule has 21 heavy (non-hydrogen) atoms. The molecule has 0 bridgehead atoms. The number of anilines is 1. The lowest BCUT2D eigenvalue weighted by Crippen LogP contribution is -2.23. The second kappa shape index (κ2) is 7.16. The molecule has 2 aromatic rings. The maximum Gasteiger partial charge on any atom is 0.335 e. The van der Waals surface area contributed by atoms with Gasteiger partial charge in [0, 0.05) is 5.69 Å². The van der Waals surface area contributed by atoms with E-state index in [0.717, 1.165) is 11.3 Å². The quantitative estimate of drug-likeness (QED) is 0.460. The number of hydrogen-bond donors (Lipinski definition) is 3. The molecule has 0 amide bonds. The molecule has 0 aliphatic rings. The van der Waals surface area contributed by atoms with Gasteiger partial charge < -0.3 is 10.4 Å². The number of rotatable bonds is 4. The SMILES string of the molecule is O=C(O)c1ccc(C=NNC(=S)Nc2ccccc2)cc1. The Morgan fingerprint density at radius 2 is 1.76 bits per heavy atom. The summed E-state index contributed by atoms with van der Waals surface area (Å²) in [4.78, 5) is 10.7. The first-order valence-corrected chi connectivity index (χ1v) is 6.54. The van der Waals surface area contributed by atoms with Crippen LogP contribution in [0.15, 0.2) is 59.7 Å². The number of thiocarbonyl (C=S) groups is 1. The minimum Gasteiger partial charge on any atom is -0.478 e. The van der Waals surface area contributed by atoms with Crippen LogP contribution >= 0.6 is 12.2 Å². The van der Waals surface area contributed by atoms with E-state index in [9.17, 15) is 4.79 Å². The Labute approximate surface area is 127 Å². The highest BCUT2D eigenvalue weighted by Crippen LogP contribution is 2.04. The number of nitrogens with zero attached hydrogens (tertiary/aromatic N) is 1. The minimum absolute atomic E-state index is 0.237.